The lowest BCUT2D eigenvalue weighted by molar-refractivity contribution is -0.144. The second-order valence-electron chi connectivity index (χ2n) is 9.14. The first-order valence-electron chi connectivity index (χ1n) is 11.0. The van der Waals surface area contributed by atoms with E-state index in [0.717, 1.165) is 12.8 Å². The molecule has 2 aromatic rings. The lowest BCUT2D eigenvalue weighted by atomic mass is 10.0. The van der Waals surface area contributed by atoms with Crippen LogP contribution in [-0.2, 0) is 17.8 Å². The largest absolute Gasteiger partial charge is 0.491 e. The van der Waals surface area contributed by atoms with Gasteiger partial charge in [-0.25, -0.2) is 13.2 Å². The number of halogens is 3. The summed E-state index contributed by atoms with van der Waals surface area (Å²) < 4.78 is 53.8. The zero-order valence-corrected chi connectivity index (χ0v) is 18.0. The topological polar surface area (TPSA) is 89.9 Å². The van der Waals surface area contributed by atoms with E-state index in [1.54, 1.807) is 4.90 Å². The summed E-state index contributed by atoms with van der Waals surface area (Å²) in [4.78, 5) is 40.9. The van der Waals surface area contributed by atoms with Crippen LogP contribution >= 0.6 is 0 Å². The Kier molecular flexibility index (Phi) is 4.57. The van der Waals surface area contributed by atoms with Gasteiger partial charge in [-0.3, -0.25) is 14.4 Å². The van der Waals surface area contributed by atoms with Gasteiger partial charge in [-0.2, -0.15) is 0 Å². The molecule has 4 aliphatic rings. The molecule has 2 saturated carbocycles. The minimum Gasteiger partial charge on any atom is -0.491 e. The monoisotopic (exact) mass is 475 g/mol. The van der Waals surface area contributed by atoms with Gasteiger partial charge in [-0.1, -0.05) is 0 Å². The van der Waals surface area contributed by atoms with Gasteiger partial charge in [0.2, 0.25) is 5.43 Å². The fourth-order valence-electron chi connectivity index (χ4n) is 5.71. The Morgan fingerprint density at radius 1 is 1.18 bits per heavy atom. The van der Waals surface area contributed by atoms with E-state index in [9.17, 15) is 27.6 Å². The first kappa shape index (κ1) is 21.2. The van der Waals surface area contributed by atoms with Gasteiger partial charge in [0.15, 0.2) is 17.7 Å². The van der Waals surface area contributed by atoms with Crippen molar-refractivity contribution in [3.05, 3.63) is 62.8 Å². The number of nitrogens with one attached hydrogen (secondary N) is 1. The van der Waals surface area contributed by atoms with E-state index in [-0.39, 0.29) is 41.6 Å². The fraction of sp³-hybridized carbons (Fsp3) is 0.435. The normalized spacial score (nSPS) is 28.2. The molecule has 1 aromatic heterocycles. The first-order valence-corrected chi connectivity index (χ1v) is 11.0. The third kappa shape index (κ3) is 2.99. The molecule has 3 heterocycles. The summed E-state index contributed by atoms with van der Waals surface area (Å²) in [6, 6.07) is 1.07. The van der Waals surface area contributed by atoms with Crippen molar-refractivity contribution in [2.45, 2.75) is 44.3 Å². The number of fused-ring (bicyclic) bond motifs is 8. The predicted octanol–water partition coefficient (Wildman–Crippen LogP) is 1.79. The van der Waals surface area contributed by atoms with Crippen LogP contribution in [0, 0.1) is 29.3 Å². The molecule has 2 bridgehead atoms. The number of ether oxygens (including phenoxy) is 2. The minimum atomic E-state index is -1.16. The summed E-state index contributed by atoms with van der Waals surface area (Å²) in [5.41, 5.74) is -1.67. The Bertz CT molecular complexity index is 1290. The summed E-state index contributed by atoms with van der Waals surface area (Å²) in [5.74, 6) is -4.11. The molecule has 2 aliphatic heterocycles. The van der Waals surface area contributed by atoms with Crippen LogP contribution in [0.2, 0.25) is 0 Å². The van der Waals surface area contributed by atoms with Crippen LogP contribution in [0.25, 0.3) is 0 Å². The van der Waals surface area contributed by atoms with E-state index in [1.807, 2.05) is 0 Å². The van der Waals surface area contributed by atoms with Crippen molar-refractivity contribution < 1.29 is 32.2 Å². The van der Waals surface area contributed by atoms with Crippen LogP contribution in [0.4, 0.5) is 13.2 Å². The van der Waals surface area contributed by atoms with Gasteiger partial charge in [0.05, 0.1) is 19.8 Å². The fourth-order valence-corrected chi connectivity index (χ4v) is 5.71. The number of hydrogen-bond acceptors (Lipinski definition) is 5. The highest BCUT2D eigenvalue weighted by Gasteiger charge is 2.63. The molecule has 5 atom stereocenters. The zero-order chi connectivity index (χ0) is 23.9. The maximum atomic E-state index is 13.9. The molecule has 0 spiro atoms. The van der Waals surface area contributed by atoms with Crippen LogP contribution in [0.1, 0.15) is 39.3 Å². The minimum absolute atomic E-state index is 0.0436. The van der Waals surface area contributed by atoms with Crippen LogP contribution in [0.3, 0.4) is 0 Å². The van der Waals surface area contributed by atoms with E-state index < -0.39 is 47.1 Å². The van der Waals surface area contributed by atoms with Crippen molar-refractivity contribution in [3.63, 3.8) is 0 Å². The van der Waals surface area contributed by atoms with Crippen molar-refractivity contribution in [1.29, 1.82) is 0 Å². The van der Waals surface area contributed by atoms with Crippen molar-refractivity contribution in [1.82, 2.24) is 14.8 Å². The van der Waals surface area contributed by atoms with Crippen molar-refractivity contribution in [2.75, 3.05) is 7.11 Å². The summed E-state index contributed by atoms with van der Waals surface area (Å²) >= 11 is 0. The van der Waals surface area contributed by atoms with Gasteiger partial charge < -0.3 is 24.3 Å². The number of carbonyl (C=O) groups is 2. The Hall–Kier alpha value is -3.34. The number of hydrogen-bond donors (Lipinski definition) is 1. The summed E-state index contributed by atoms with van der Waals surface area (Å²) in [7, 11) is 1.23. The van der Waals surface area contributed by atoms with Crippen molar-refractivity contribution >= 4 is 11.8 Å². The van der Waals surface area contributed by atoms with E-state index in [0.29, 0.717) is 24.0 Å². The van der Waals surface area contributed by atoms with Crippen molar-refractivity contribution in [3.8, 4) is 5.75 Å². The number of rotatable bonds is 4. The maximum Gasteiger partial charge on any atom is 0.276 e. The molecule has 0 radical (unpaired) electrons. The van der Waals surface area contributed by atoms with E-state index in [2.05, 4.69) is 5.32 Å². The van der Waals surface area contributed by atoms with E-state index >= 15 is 0 Å². The number of nitrogens with zero attached hydrogens (tertiary/aromatic N) is 2. The van der Waals surface area contributed by atoms with Gasteiger partial charge in [0.25, 0.3) is 11.8 Å². The van der Waals surface area contributed by atoms with Crippen LogP contribution in [-0.4, -0.2) is 46.8 Å². The van der Waals surface area contributed by atoms with E-state index in [1.165, 1.54) is 17.9 Å². The Labute approximate surface area is 191 Å². The molecule has 34 heavy (non-hydrogen) atoms. The summed E-state index contributed by atoms with van der Waals surface area (Å²) in [6.07, 6.45) is 2.64. The molecule has 3 fully saturated rings. The van der Waals surface area contributed by atoms with E-state index in [4.69, 9.17) is 9.47 Å². The van der Waals surface area contributed by atoms with Gasteiger partial charge in [-0.15, -0.1) is 0 Å². The van der Waals surface area contributed by atoms with Gasteiger partial charge >= 0.3 is 0 Å². The molecule has 2 aliphatic carbocycles. The van der Waals surface area contributed by atoms with Gasteiger partial charge in [-0.05, 0) is 24.7 Å². The molecule has 178 valence electrons. The average Bonchev–Trinajstić information content (AvgIpc) is 3.53. The van der Waals surface area contributed by atoms with Crippen molar-refractivity contribution in [2.24, 2.45) is 11.8 Å². The molecular formula is C23H20F3N3O5. The van der Waals surface area contributed by atoms with Gasteiger partial charge in [0.1, 0.15) is 23.0 Å². The molecule has 6 rings (SSSR count). The molecule has 1 saturated heterocycles. The molecule has 2 amide bonds. The SMILES string of the molecule is COc1c2n(cc(C(=O)NCc3c(F)cc(F)cc3F)c1=O)CC1OC3C[C@@H]([C@H]4C[C@@H]34)N1C2=O. The quantitative estimate of drug-likeness (QED) is 0.729. The van der Waals surface area contributed by atoms with Crippen LogP contribution < -0.4 is 15.5 Å². The smallest absolute Gasteiger partial charge is 0.276 e. The van der Waals surface area contributed by atoms with Crippen LogP contribution in [0.5, 0.6) is 5.75 Å². The lowest BCUT2D eigenvalue weighted by Gasteiger charge is -2.45. The maximum absolute atomic E-state index is 13.9. The number of benzene rings is 1. The molecule has 8 nitrogen and oxygen atoms in total. The van der Waals surface area contributed by atoms with Crippen LogP contribution in [0.15, 0.2) is 23.1 Å². The molecule has 1 aromatic carbocycles. The number of aromatic nitrogens is 1. The Balaban J connectivity index is 1.32. The first-order chi connectivity index (χ1) is 16.3. The molecule has 11 heteroatoms. The summed E-state index contributed by atoms with van der Waals surface area (Å²) in [5, 5.41) is 2.28. The lowest BCUT2D eigenvalue weighted by Crippen LogP contribution is -2.58. The molecule has 2 unspecified atom stereocenters. The number of methoxy groups -OCH3 is 1. The highest BCUT2D eigenvalue weighted by Crippen LogP contribution is 2.58. The highest BCUT2D eigenvalue weighted by molar-refractivity contribution is 5.99. The third-order valence-electron chi connectivity index (χ3n) is 7.34. The highest BCUT2D eigenvalue weighted by atomic mass is 19.1. The molecular weight excluding hydrogens is 455 g/mol. The van der Waals surface area contributed by atoms with Gasteiger partial charge in [0, 0.05) is 36.5 Å². The zero-order valence-electron chi connectivity index (χ0n) is 18.0. The Morgan fingerprint density at radius 3 is 2.62 bits per heavy atom. The second-order valence-corrected chi connectivity index (χ2v) is 9.14. The number of pyridine rings is 1. The standard InChI is InChI=1S/C23H20F3N3O5/c1-33-21-19-23(32)29-16-5-17(11-4-10(11)16)34-18(29)8-28(19)7-13(20(21)30)22(31)27-6-12-14(25)2-9(24)3-15(12)26/h2-3,7,10-11,16-18H,4-6,8H2,1H3,(H,27,31)/t10-,11+,16-,17?,18?/m0/s1. The number of carbonyl (C=O) groups excluding carboxylic acids is 2. The third-order valence-corrected chi connectivity index (χ3v) is 7.34. The Morgan fingerprint density at radius 2 is 1.91 bits per heavy atom. The second kappa shape index (κ2) is 7.33. The number of amides is 2. The molecule has 1 N–H and O–H groups in total. The average molecular weight is 475 g/mol. The predicted molar refractivity (Wildman–Crippen MR) is 110 cm³/mol. The summed E-state index contributed by atoms with van der Waals surface area (Å²) in [6.45, 7) is -0.392.